The van der Waals surface area contributed by atoms with Gasteiger partial charge in [0.15, 0.2) is 0 Å². The second-order valence-corrected chi connectivity index (χ2v) is 6.27. The van der Waals surface area contributed by atoms with Crippen LogP contribution in [0.3, 0.4) is 0 Å². The first-order valence-electron chi connectivity index (χ1n) is 5.68. The van der Waals surface area contributed by atoms with E-state index in [1.807, 2.05) is 6.20 Å². The van der Waals surface area contributed by atoms with Crippen LogP contribution >= 0.6 is 15.9 Å². The molecule has 1 aromatic rings. The van der Waals surface area contributed by atoms with E-state index in [0.29, 0.717) is 11.3 Å². The zero-order valence-electron chi connectivity index (χ0n) is 9.46. The summed E-state index contributed by atoms with van der Waals surface area (Å²) >= 11 is 3.43. The van der Waals surface area contributed by atoms with E-state index in [-0.39, 0.29) is 0 Å². The third-order valence-electron chi connectivity index (χ3n) is 3.37. The third-order valence-corrected chi connectivity index (χ3v) is 3.84. The highest BCUT2D eigenvalue weighted by atomic mass is 79.9. The molecule has 1 unspecified atom stereocenters. The summed E-state index contributed by atoms with van der Waals surface area (Å²) in [5.41, 5.74) is 1.77. The number of aromatic nitrogens is 1. The van der Waals surface area contributed by atoms with Crippen molar-refractivity contribution < 1.29 is 0 Å². The Labute approximate surface area is 100 Å². The summed E-state index contributed by atoms with van der Waals surface area (Å²) in [7, 11) is 0. The predicted molar refractivity (Wildman–Crippen MR) is 66.9 cm³/mol. The van der Waals surface area contributed by atoms with E-state index in [9.17, 15) is 0 Å². The lowest BCUT2D eigenvalue weighted by atomic mass is 9.71. The Morgan fingerprint density at radius 2 is 2.20 bits per heavy atom. The van der Waals surface area contributed by atoms with Crippen LogP contribution in [-0.4, -0.2) is 4.98 Å². The molecule has 0 radical (unpaired) electrons. The van der Waals surface area contributed by atoms with Crippen LogP contribution < -0.4 is 0 Å². The van der Waals surface area contributed by atoms with Gasteiger partial charge in [-0.25, -0.2) is 0 Å². The van der Waals surface area contributed by atoms with Crippen molar-refractivity contribution in [3.63, 3.8) is 0 Å². The molecule has 0 amide bonds. The number of hydrogen-bond donors (Lipinski definition) is 0. The van der Waals surface area contributed by atoms with Gasteiger partial charge in [-0.1, -0.05) is 20.3 Å². The molecule has 2 rings (SSSR count). The number of halogens is 1. The summed E-state index contributed by atoms with van der Waals surface area (Å²) < 4.78 is 1.07. The lowest BCUT2D eigenvalue weighted by Gasteiger charge is -2.34. The molecule has 1 fully saturated rings. The van der Waals surface area contributed by atoms with Crippen molar-refractivity contribution in [2.75, 3.05) is 0 Å². The lowest BCUT2D eigenvalue weighted by Crippen LogP contribution is -2.21. The van der Waals surface area contributed by atoms with Crippen LogP contribution in [0.15, 0.2) is 22.8 Å². The smallest absolute Gasteiger partial charge is 0.0435 e. The van der Waals surface area contributed by atoms with Crippen molar-refractivity contribution in [3.8, 4) is 0 Å². The largest absolute Gasteiger partial charge is 0.260 e. The maximum absolute atomic E-state index is 4.52. The first-order valence-corrected chi connectivity index (χ1v) is 6.48. The number of hydrogen-bond acceptors (Lipinski definition) is 1. The van der Waals surface area contributed by atoms with Gasteiger partial charge in [-0.2, -0.15) is 0 Å². The molecular weight excluding hydrogens is 250 g/mol. The van der Waals surface area contributed by atoms with Gasteiger partial charge in [0, 0.05) is 22.3 Å². The highest BCUT2D eigenvalue weighted by Crippen LogP contribution is 2.42. The van der Waals surface area contributed by atoms with Gasteiger partial charge < -0.3 is 0 Å². The van der Waals surface area contributed by atoms with E-state index in [1.165, 1.54) is 31.4 Å². The molecule has 0 spiro atoms. The van der Waals surface area contributed by atoms with E-state index >= 15 is 0 Å². The zero-order chi connectivity index (χ0) is 10.9. The molecule has 2 heteroatoms. The summed E-state index contributed by atoms with van der Waals surface area (Å²) in [5, 5.41) is 0. The van der Waals surface area contributed by atoms with E-state index in [1.54, 1.807) is 0 Å². The van der Waals surface area contributed by atoms with Gasteiger partial charge in [0.1, 0.15) is 0 Å². The van der Waals surface area contributed by atoms with Crippen molar-refractivity contribution in [3.05, 3.63) is 28.5 Å². The topological polar surface area (TPSA) is 12.9 Å². The highest BCUT2D eigenvalue weighted by molar-refractivity contribution is 9.10. The van der Waals surface area contributed by atoms with Crippen LogP contribution in [0.1, 0.15) is 51.1 Å². The molecule has 0 bridgehead atoms. The van der Waals surface area contributed by atoms with Gasteiger partial charge in [-0.3, -0.25) is 4.98 Å². The Bertz CT molecular complexity index is 329. The molecule has 0 N–H and O–H groups in total. The van der Waals surface area contributed by atoms with Crippen LogP contribution in [0.2, 0.25) is 0 Å². The molecule has 0 saturated heterocycles. The molecule has 82 valence electrons. The fourth-order valence-electron chi connectivity index (χ4n) is 2.58. The van der Waals surface area contributed by atoms with E-state index < -0.39 is 0 Å². The normalized spacial score (nSPS) is 25.1. The summed E-state index contributed by atoms with van der Waals surface area (Å²) in [6.45, 7) is 4.75. The van der Waals surface area contributed by atoms with E-state index in [4.69, 9.17) is 0 Å². The van der Waals surface area contributed by atoms with E-state index in [0.717, 1.165) is 4.47 Å². The number of nitrogens with zero attached hydrogens (tertiary/aromatic N) is 1. The minimum absolute atomic E-state index is 0.498. The maximum atomic E-state index is 4.52. The van der Waals surface area contributed by atoms with Gasteiger partial charge in [0.05, 0.1) is 0 Å². The summed E-state index contributed by atoms with van der Waals surface area (Å²) in [4.78, 5) is 4.52. The molecule has 1 saturated carbocycles. The Kier molecular flexibility index (Phi) is 3.15. The minimum atomic E-state index is 0.498. The fourth-order valence-corrected chi connectivity index (χ4v) is 2.81. The second-order valence-electron chi connectivity index (χ2n) is 5.36. The number of rotatable bonds is 1. The second kappa shape index (κ2) is 4.25. The molecule has 0 aromatic carbocycles. The highest BCUT2D eigenvalue weighted by Gasteiger charge is 2.29. The lowest BCUT2D eigenvalue weighted by molar-refractivity contribution is 0.217. The van der Waals surface area contributed by atoms with Crippen LogP contribution in [0.5, 0.6) is 0 Å². The molecule has 1 heterocycles. The SMILES string of the molecule is CC1(C)CCCC(c2ccc(Br)cn2)C1. The standard InChI is InChI=1S/C13H18BrN/c1-13(2)7-3-4-10(8-13)12-6-5-11(14)9-15-12/h5-6,9-10H,3-4,7-8H2,1-2H3. The van der Waals surface area contributed by atoms with Crippen LogP contribution in [0.4, 0.5) is 0 Å². The maximum Gasteiger partial charge on any atom is 0.0435 e. The summed E-state index contributed by atoms with van der Waals surface area (Å²) in [6, 6.07) is 4.26. The average molecular weight is 268 g/mol. The van der Waals surface area contributed by atoms with Crippen molar-refractivity contribution in [1.82, 2.24) is 4.98 Å². The Morgan fingerprint density at radius 3 is 2.80 bits per heavy atom. The summed E-state index contributed by atoms with van der Waals surface area (Å²) in [5.74, 6) is 0.668. The van der Waals surface area contributed by atoms with Gasteiger partial charge in [-0.15, -0.1) is 0 Å². The summed E-state index contributed by atoms with van der Waals surface area (Å²) in [6.07, 6.45) is 7.20. The molecule has 1 atom stereocenters. The van der Waals surface area contributed by atoms with Crippen molar-refractivity contribution in [2.24, 2.45) is 5.41 Å². The van der Waals surface area contributed by atoms with Gasteiger partial charge >= 0.3 is 0 Å². The molecule has 15 heavy (non-hydrogen) atoms. The van der Waals surface area contributed by atoms with Crippen LogP contribution in [0.25, 0.3) is 0 Å². The minimum Gasteiger partial charge on any atom is -0.260 e. The van der Waals surface area contributed by atoms with Crippen LogP contribution in [0, 0.1) is 5.41 Å². The Morgan fingerprint density at radius 1 is 1.40 bits per heavy atom. The monoisotopic (exact) mass is 267 g/mol. The van der Waals surface area contributed by atoms with Crippen molar-refractivity contribution in [2.45, 2.75) is 45.4 Å². The van der Waals surface area contributed by atoms with Gasteiger partial charge in [0.25, 0.3) is 0 Å². The Hall–Kier alpha value is -0.370. The molecule has 1 aromatic heterocycles. The molecule has 0 aliphatic heterocycles. The number of pyridine rings is 1. The molecule has 1 nitrogen and oxygen atoms in total. The van der Waals surface area contributed by atoms with Crippen molar-refractivity contribution in [1.29, 1.82) is 0 Å². The Balaban J connectivity index is 2.13. The first-order chi connectivity index (χ1) is 7.07. The first kappa shape index (κ1) is 11.1. The zero-order valence-corrected chi connectivity index (χ0v) is 11.0. The molecule has 1 aliphatic rings. The average Bonchev–Trinajstić information content (AvgIpc) is 2.17. The molecular formula is C13H18BrN. The quantitative estimate of drug-likeness (QED) is 0.729. The van der Waals surface area contributed by atoms with E-state index in [2.05, 4.69) is 46.9 Å². The van der Waals surface area contributed by atoms with Gasteiger partial charge in [-0.05, 0) is 52.7 Å². The van der Waals surface area contributed by atoms with Gasteiger partial charge in [0.2, 0.25) is 0 Å². The molecule has 1 aliphatic carbocycles. The fraction of sp³-hybridized carbons (Fsp3) is 0.615. The van der Waals surface area contributed by atoms with Crippen LogP contribution in [-0.2, 0) is 0 Å². The third kappa shape index (κ3) is 2.81. The van der Waals surface area contributed by atoms with Crippen molar-refractivity contribution >= 4 is 15.9 Å². The predicted octanol–water partition coefficient (Wildman–Crippen LogP) is 4.53.